The predicted octanol–water partition coefficient (Wildman–Crippen LogP) is 2.28. The number of nitrogens with one attached hydrogen (secondary N) is 1. The number of benzene rings is 1. The lowest BCUT2D eigenvalue weighted by atomic mass is 9.88. The van der Waals surface area contributed by atoms with Gasteiger partial charge < -0.3 is 18.9 Å². The number of nitrogens with zero attached hydrogens (tertiary/aromatic N) is 1. The minimum atomic E-state index is -3.59. The second-order valence-corrected chi connectivity index (χ2v) is 8.82. The Bertz CT molecular complexity index is 812. The van der Waals surface area contributed by atoms with Gasteiger partial charge in [-0.25, -0.2) is 13.4 Å². The summed E-state index contributed by atoms with van der Waals surface area (Å²) in [6.45, 7) is 6.61. The molecule has 0 fully saturated rings. The van der Waals surface area contributed by atoms with Crippen LogP contribution in [0.4, 0.5) is 5.69 Å². The fourth-order valence-electron chi connectivity index (χ4n) is 2.58. The maximum Gasteiger partial charge on any atom is 0.229 e. The van der Waals surface area contributed by atoms with Gasteiger partial charge in [-0.3, -0.25) is 4.72 Å². The van der Waals surface area contributed by atoms with Crippen molar-refractivity contribution in [2.45, 2.75) is 26.8 Å². The molecule has 8 nitrogen and oxygen atoms in total. The SMILES string of the molecule is COc1cc(C2=N[C@H](C(C)(C)C)CO2)c(NS(C)(=O)=O)c(OC)c1OC. The van der Waals surface area contributed by atoms with Gasteiger partial charge in [-0.05, 0) is 11.5 Å². The van der Waals surface area contributed by atoms with Crippen LogP contribution < -0.4 is 18.9 Å². The third-order valence-electron chi connectivity index (χ3n) is 4.00. The molecule has 0 spiro atoms. The highest BCUT2D eigenvalue weighted by Crippen LogP contribution is 2.46. The highest BCUT2D eigenvalue weighted by molar-refractivity contribution is 7.92. The zero-order valence-electron chi connectivity index (χ0n) is 16.2. The molecule has 0 bridgehead atoms. The average Bonchev–Trinajstić information content (AvgIpc) is 3.02. The van der Waals surface area contributed by atoms with Crippen LogP contribution in [0.1, 0.15) is 26.3 Å². The van der Waals surface area contributed by atoms with E-state index in [1.165, 1.54) is 21.3 Å². The van der Waals surface area contributed by atoms with Gasteiger partial charge >= 0.3 is 0 Å². The van der Waals surface area contributed by atoms with Gasteiger partial charge in [0.1, 0.15) is 12.3 Å². The lowest BCUT2D eigenvalue weighted by Crippen LogP contribution is -2.25. The van der Waals surface area contributed by atoms with Gasteiger partial charge in [0, 0.05) is 0 Å². The van der Waals surface area contributed by atoms with E-state index in [1.54, 1.807) is 6.07 Å². The van der Waals surface area contributed by atoms with E-state index in [4.69, 9.17) is 18.9 Å². The Morgan fingerprint density at radius 1 is 1.15 bits per heavy atom. The molecule has 0 aliphatic carbocycles. The molecule has 1 aliphatic heterocycles. The van der Waals surface area contributed by atoms with Crippen molar-refractivity contribution in [2.24, 2.45) is 10.4 Å². The molecule has 1 heterocycles. The minimum absolute atomic E-state index is 0.0531. The van der Waals surface area contributed by atoms with E-state index in [0.717, 1.165) is 6.26 Å². The maximum absolute atomic E-state index is 11.9. The van der Waals surface area contributed by atoms with E-state index < -0.39 is 10.0 Å². The van der Waals surface area contributed by atoms with Crippen LogP contribution in [0.15, 0.2) is 11.1 Å². The molecule has 0 saturated carbocycles. The van der Waals surface area contributed by atoms with Crippen LogP contribution in [0, 0.1) is 5.41 Å². The second kappa shape index (κ2) is 7.22. The monoisotopic (exact) mass is 386 g/mol. The van der Waals surface area contributed by atoms with Crippen molar-refractivity contribution in [3.8, 4) is 17.2 Å². The lowest BCUT2D eigenvalue weighted by Gasteiger charge is -2.21. The van der Waals surface area contributed by atoms with Gasteiger partial charge in [0.25, 0.3) is 0 Å². The molecule has 1 aromatic carbocycles. The molecule has 1 N–H and O–H groups in total. The van der Waals surface area contributed by atoms with E-state index in [9.17, 15) is 8.42 Å². The zero-order valence-corrected chi connectivity index (χ0v) is 17.0. The molecule has 9 heteroatoms. The molecule has 0 unspecified atom stereocenters. The normalized spacial score (nSPS) is 17.3. The molecule has 0 saturated heterocycles. The van der Waals surface area contributed by atoms with Crippen LogP contribution in [0.5, 0.6) is 17.2 Å². The van der Waals surface area contributed by atoms with Gasteiger partial charge in [0.15, 0.2) is 11.5 Å². The topological polar surface area (TPSA) is 95.5 Å². The molecule has 2 rings (SSSR count). The molecule has 0 aromatic heterocycles. The predicted molar refractivity (Wildman–Crippen MR) is 100 cm³/mol. The Hall–Kier alpha value is -2.16. The summed E-state index contributed by atoms with van der Waals surface area (Å²) in [6.07, 6.45) is 1.06. The first-order valence-corrected chi connectivity index (χ1v) is 9.92. The lowest BCUT2D eigenvalue weighted by molar-refractivity contribution is 0.236. The Balaban J connectivity index is 2.71. The smallest absolute Gasteiger partial charge is 0.229 e. The van der Waals surface area contributed by atoms with E-state index >= 15 is 0 Å². The number of aliphatic imine (C=N–C) groups is 1. The summed E-state index contributed by atoms with van der Waals surface area (Å²) in [5.74, 6) is 1.17. The molecular formula is C17H26N2O6S. The number of anilines is 1. The van der Waals surface area contributed by atoms with Crippen LogP contribution in [-0.4, -0.2) is 54.5 Å². The Labute approximate surface area is 154 Å². The van der Waals surface area contributed by atoms with E-state index in [0.29, 0.717) is 23.8 Å². The largest absolute Gasteiger partial charge is 0.493 e. The Morgan fingerprint density at radius 3 is 2.19 bits per heavy atom. The van der Waals surface area contributed by atoms with Crippen LogP contribution in [-0.2, 0) is 14.8 Å². The summed E-state index contributed by atoms with van der Waals surface area (Å²) in [5, 5.41) is 0. The molecule has 1 atom stereocenters. The maximum atomic E-state index is 11.9. The van der Waals surface area contributed by atoms with Gasteiger partial charge in [0.05, 0.1) is 39.2 Å². The summed E-state index contributed by atoms with van der Waals surface area (Å²) in [6, 6.07) is 1.57. The van der Waals surface area contributed by atoms with E-state index in [2.05, 4.69) is 30.5 Å². The number of rotatable bonds is 6. The first-order valence-electron chi connectivity index (χ1n) is 8.03. The van der Waals surface area contributed by atoms with Gasteiger partial charge in [-0.15, -0.1) is 0 Å². The summed E-state index contributed by atoms with van der Waals surface area (Å²) < 4.78 is 48.1. The highest BCUT2D eigenvalue weighted by Gasteiger charge is 2.33. The third-order valence-corrected chi connectivity index (χ3v) is 4.57. The zero-order chi connectivity index (χ0) is 19.7. The van der Waals surface area contributed by atoms with Crippen molar-refractivity contribution in [1.29, 1.82) is 0 Å². The first kappa shape index (κ1) is 20.2. The molecule has 1 aromatic rings. The number of ether oxygens (including phenoxy) is 4. The second-order valence-electron chi connectivity index (χ2n) is 7.07. The van der Waals surface area contributed by atoms with E-state index in [-0.39, 0.29) is 28.6 Å². The van der Waals surface area contributed by atoms with Crippen molar-refractivity contribution >= 4 is 21.6 Å². The van der Waals surface area contributed by atoms with Gasteiger partial charge in [-0.1, -0.05) is 20.8 Å². The fraction of sp³-hybridized carbons (Fsp3) is 0.588. The van der Waals surface area contributed by atoms with Crippen molar-refractivity contribution in [2.75, 3.05) is 38.9 Å². The standard InChI is InChI=1S/C17H26N2O6S/c1-17(2,3)12-9-25-16(18-12)10-8-11(22-4)14(23-5)15(24-6)13(10)19-26(7,20)21/h8,12,19H,9H2,1-7H3/t12-/m0/s1. The number of methoxy groups -OCH3 is 3. The van der Waals surface area contributed by atoms with Crippen LogP contribution in [0.2, 0.25) is 0 Å². The van der Waals surface area contributed by atoms with Crippen molar-refractivity contribution in [3.05, 3.63) is 11.6 Å². The van der Waals surface area contributed by atoms with Gasteiger partial charge in [-0.2, -0.15) is 0 Å². The molecule has 26 heavy (non-hydrogen) atoms. The quantitative estimate of drug-likeness (QED) is 0.806. The fourth-order valence-corrected chi connectivity index (χ4v) is 3.15. The van der Waals surface area contributed by atoms with Crippen molar-refractivity contribution in [3.63, 3.8) is 0 Å². The number of hydrogen-bond acceptors (Lipinski definition) is 7. The van der Waals surface area contributed by atoms with Crippen molar-refractivity contribution < 1.29 is 27.4 Å². The number of sulfonamides is 1. The van der Waals surface area contributed by atoms with Crippen LogP contribution >= 0.6 is 0 Å². The third kappa shape index (κ3) is 4.14. The minimum Gasteiger partial charge on any atom is -0.493 e. The highest BCUT2D eigenvalue weighted by atomic mass is 32.2. The average molecular weight is 386 g/mol. The number of hydrogen-bond donors (Lipinski definition) is 1. The Kier molecular flexibility index (Phi) is 5.60. The summed E-state index contributed by atoms with van der Waals surface area (Å²) >= 11 is 0. The molecule has 1 aliphatic rings. The molecule has 0 radical (unpaired) electrons. The van der Waals surface area contributed by atoms with Crippen molar-refractivity contribution in [1.82, 2.24) is 0 Å². The summed E-state index contributed by atoms with van der Waals surface area (Å²) in [5.41, 5.74) is 0.532. The molecule has 146 valence electrons. The van der Waals surface area contributed by atoms with Gasteiger partial charge in [0.2, 0.25) is 21.7 Å². The van der Waals surface area contributed by atoms with E-state index in [1.807, 2.05) is 0 Å². The van der Waals surface area contributed by atoms with Crippen LogP contribution in [0.3, 0.4) is 0 Å². The molecular weight excluding hydrogens is 360 g/mol. The molecule has 0 amide bonds. The summed E-state index contributed by atoms with van der Waals surface area (Å²) in [7, 11) is 0.769. The summed E-state index contributed by atoms with van der Waals surface area (Å²) in [4.78, 5) is 4.63. The first-order chi connectivity index (χ1) is 12.0. The Morgan fingerprint density at radius 2 is 1.77 bits per heavy atom. The van der Waals surface area contributed by atoms with Crippen LogP contribution in [0.25, 0.3) is 0 Å².